The number of hydrogen-bond acceptors (Lipinski definition) is 5. The molecule has 1 fully saturated rings. The molecule has 0 atom stereocenters. The van der Waals surface area contributed by atoms with Crippen LogP contribution < -0.4 is 11.1 Å². The second-order valence-corrected chi connectivity index (χ2v) is 6.91. The monoisotopic (exact) mass is 463 g/mol. The second-order valence-electron chi connectivity index (χ2n) is 6.91. The van der Waals surface area contributed by atoms with E-state index in [-0.39, 0.29) is 29.2 Å². The quantitative estimate of drug-likeness (QED) is 0.546. The van der Waals surface area contributed by atoms with Crippen molar-refractivity contribution in [2.24, 2.45) is 5.73 Å². The molecule has 4 N–H and O–H groups in total. The lowest BCUT2D eigenvalue weighted by atomic mass is 9.95. The van der Waals surface area contributed by atoms with E-state index in [1.807, 2.05) is 30.6 Å². The number of carboxylic acids is 1. The Balaban J connectivity index is 0.000000379. The molecule has 0 saturated heterocycles. The molecule has 0 radical (unpaired) electrons. The first-order chi connectivity index (χ1) is 13.5. The molecule has 2 heterocycles. The lowest BCUT2D eigenvalue weighted by Crippen LogP contribution is -2.16. The highest BCUT2D eigenvalue weighted by Crippen LogP contribution is 2.34. The number of likely N-dealkylation sites (N-methyl/N-ethyl adjacent to an activating group) is 1. The van der Waals surface area contributed by atoms with Crippen molar-refractivity contribution in [2.45, 2.75) is 38.1 Å². The number of primary amides is 1. The number of carbonyl (C=O) groups is 2. The van der Waals surface area contributed by atoms with Gasteiger partial charge in [-0.25, -0.2) is 9.97 Å². The number of halogens is 1. The molecule has 0 spiro atoms. The number of hydrogen-bond donors (Lipinski definition) is 3. The third-order valence-corrected chi connectivity index (χ3v) is 4.94. The van der Waals surface area contributed by atoms with Gasteiger partial charge in [0, 0.05) is 11.4 Å². The standard InChI is InChI=1S/C17H18N4O.C3H7NO2.BrH/c18-17(22)15-14-16(12-8-4-5-9-13(12)20-15)21(10-19-14)11-6-2-1-3-7-11;1-4-2-3(5)6;/h4-5,8-11H,1-3,6-7H2,(H2,18,22);4H,2H2,1H3,(H,5,6);1H. The topological polar surface area (TPSA) is 123 Å². The van der Waals surface area contributed by atoms with Gasteiger partial charge in [0.05, 0.1) is 23.9 Å². The zero-order valence-corrected chi connectivity index (χ0v) is 18.0. The Kier molecular flexibility index (Phi) is 8.10. The molecule has 0 aliphatic heterocycles. The normalized spacial score (nSPS) is 14.1. The maximum absolute atomic E-state index is 11.8. The molecule has 0 bridgehead atoms. The summed E-state index contributed by atoms with van der Waals surface area (Å²) in [4.78, 5) is 30.2. The van der Waals surface area contributed by atoms with E-state index in [2.05, 4.69) is 19.9 Å². The molecular formula is C20H26BrN5O3. The van der Waals surface area contributed by atoms with Crippen LogP contribution in [-0.4, -0.2) is 45.1 Å². The summed E-state index contributed by atoms with van der Waals surface area (Å²) in [6.07, 6.45) is 7.97. The van der Waals surface area contributed by atoms with Gasteiger partial charge in [-0.2, -0.15) is 0 Å². The van der Waals surface area contributed by atoms with Crippen molar-refractivity contribution in [1.82, 2.24) is 19.9 Å². The van der Waals surface area contributed by atoms with Gasteiger partial charge in [-0.1, -0.05) is 37.5 Å². The van der Waals surface area contributed by atoms with E-state index in [9.17, 15) is 9.59 Å². The zero-order chi connectivity index (χ0) is 20.1. The molecule has 3 aromatic rings. The number of carbonyl (C=O) groups excluding carboxylic acids is 1. The summed E-state index contributed by atoms with van der Waals surface area (Å²) in [5, 5.41) is 11.4. The molecule has 156 valence electrons. The first-order valence-electron chi connectivity index (χ1n) is 9.44. The number of para-hydroxylation sites is 1. The summed E-state index contributed by atoms with van der Waals surface area (Å²) in [6, 6.07) is 8.32. The molecule has 2 aromatic heterocycles. The maximum Gasteiger partial charge on any atom is 0.317 e. The summed E-state index contributed by atoms with van der Waals surface area (Å²) in [5.74, 6) is -1.35. The van der Waals surface area contributed by atoms with Crippen LogP contribution in [0.15, 0.2) is 30.6 Å². The van der Waals surface area contributed by atoms with Crippen LogP contribution in [0.2, 0.25) is 0 Å². The molecule has 1 aliphatic carbocycles. The summed E-state index contributed by atoms with van der Waals surface area (Å²) in [6.45, 7) is 0.0417. The number of imidazole rings is 1. The maximum atomic E-state index is 11.8. The van der Waals surface area contributed by atoms with E-state index >= 15 is 0 Å². The van der Waals surface area contributed by atoms with E-state index in [1.54, 1.807) is 7.05 Å². The number of aromatic nitrogens is 3. The average Bonchev–Trinajstić information content (AvgIpc) is 3.13. The van der Waals surface area contributed by atoms with E-state index in [0.29, 0.717) is 11.6 Å². The Morgan fingerprint density at radius 3 is 2.52 bits per heavy atom. The summed E-state index contributed by atoms with van der Waals surface area (Å²) in [7, 11) is 1.59. The molecule has 1 saturated carbocycles. The first kappa shape index (κ1) is 22.8. The Hall–Kier alpha value is -2.52. The highest BCUT2D eigenvalue weighted by molar-refractivity contribution is 8.93. The van der Waals surface area contributed by atoms with Crippen LogP contribution in [0.1, 0.15) is 48.6 Å². The van der Waals surface area contributed by atoms with Crippen molar-refractivity contribution in [3.05, 3.63) is 36.3 Å². The fraction of sp³-hybridized carbons (Fsp3) is 0.400. The summed E-state index contributed by atoms with van der Waals surface area (Å²) in [5.41, 5.74) is 8.18. The minimum atomic E-state index is -0.822. The average molecular weight is 464 g/mol. The van der Waals surface area contributed by atoms with Gasteiger partial charge in [0.15, 0.2) is 5.69 Å². The first-order valence-corrected chi connectivity index (χ1v) is 9.44. The van der Waals surface area contributed by atoms with Crippen molar-refractivity contribution >= 4 is 50.8 Å². The molecule has 1 aromatic carbocycles. The van der Waals surface area contributed by atoms with Gasteiger partial charge in [-0.15, -0.1) is 17.0 Å². The van der Waals surface area contributed by atoms with Crippen LogP contribution in [0.5, 0.6) is 0 Å². The molecule has 4 rings (SSSR count). The Bertz CT molecular complexity index is 998. The van der Waals surface area contributed by atoms with Gasteiger partial charge in [-0.3, -0.25) is 9.59 Å². The number of aliphatic carboxylic acids is 1. The number of carboxylic acid groups (broad SMARTS) is 1. The van der Waals surface area contributed by atoms with Crippen molar-refractivity contribution in [1.29, 1.82) is 0 Å². The highest BCUT2D eigenvalue weighted by Gasteiger charge is 2.22. The number of pyridine rings is 1. The number of amides is 1. The van der Waals surface area contributed by atoms with Crippen LogP contribution in [0.3, 0.4) is 0 Å². The van der Waals surface area contributed by atoms with Gasteiger partial charge in [-0.05, 0) is 26.0 Å². The minimum absolute atomic E-state index is 0. The van der Waals surface area contributed by atoms with Crippen molar-refractivity contribution < 1.29 is 14.7 Å². The van der Waals surface area contributed by atoms with Crippen LogP contribution in [0, 0.1) is 0 Å². The minimum Gasteiger partial charge on any atom is -0.480 e. The van der Waals surface area contributed by atoms with Gasteiger partial charge < -0.3 is 20.7 Å². The number of nitrogens with two attached hydrogens (primary N) is 1. The van der Waals surface area contributed by atoms with E-state index in [4.69, 9.17) is 10.8 Å². The number of nitrogens with zero attached hydrogens (tertiary/aromatic N) is 3. The fourth-order valence-electron chi connectivity index (χ4n) is 3.70. The molecular weight excluding hydrogens is 438 g/mol. The smallest absolute Gasteiger partial charge is 0.317 e. The summed E-state index contributed by atoms with van der Waals surface area (Å²) >= 11 is 0. The van der Waals surface area contributed by atoms with Gasteiger partial charge >= 0.3 is 5.97 Å². The number of nitrogens with one attached hydrogen (secondary N) is 1. The van der Waals surface area contributed by atoms with Crippen molar-refractivity contribution in [3.8, 4) is 0 Å². The third-order valence-electron chi connectivity index (χ3n) is 4.94. The number of rotatable bonds is 4. The Labute approximate surface area is 179 Å². The predicted octanol–water partition coefficient (Wildman–Crippen LogP) is 3.06. The van der Waals surface area contributed by atoms with Crippen LogP contribution in [0.4, 0.5) is 0 Å². The molecule has 29 heavy (non-hydrogen) atoms. The molecule has 9 heteroatoms. The number of benzene rings is 1. The SMILES string of the molecule is Br.CNCC(=O)O.NC(=O)c1nc2ccccc2c2c1ncn2C1CCCCC1. The van der Waals surface area contributed by atoms with Crippen LogP contribution >= 0.6 is 17.0 Å². The lowest BCUT2D eigenvalue weighted by Gasteiger charge is -2.24. The fourth-order valence-corrected chi connectivity index (χ4v) is 3.70. The molecule has 8 nitrogen and oxygen atoms in total. The van der Waals surface area contributed by atoms with Crippen molar-refractivity contribution in [3.63, 3.8) is 0 Å². The molecule has 0 unspecified atom stereocenters. The predicted molar refractivity (Wildman–Crippen MR) is 118 cm³/mol. The van der Waals surface area contributed by atoms with Crippen LogP contribution in [0.25, 0.3) is 21.9 Å². The van der Waals surface area contributed by atoms with Gasteiger partial charge in [0.25, 0.3) is 5.91 Å². The largest absolute Gasteiger partial charge is 0.480 e. The van der Waals surface area contributed by atoms with E-state index < -0.39 is 11.9 Å². The highest BCUT2D eigenvalue weighted by atomic mass is 79.9. The van der Waals surface area contributed by atoms with Crippen LogP contribution in [-0.2, 0) is 4.79 Å². The van der Waals surface area contributed by atoms with Gasteiger partial charge in [0.1, 0.15) is 5.52 Å². The summed E-state index contributed by atoms with van der Waals surface area (Å²) < 4.78 is 2.23. The lowest BCUT2D eigenvalue weighted by molar-refractivity contribution is -0.135. The molecule has 1 amide bonds. The van der Waals surface area contributed by atoms with E-state index in [1.165, 1.54) is 19.3 Å². The zero-order valence-electron chi connectivity index (χ0n) is 16.3. The Morgan fingerprint density at radius 1 is 1.24 bits per heavy atom. The van der Waals surface area contributed by atoms with E-state index in [0.717, 1.165) is 29.3 Å². The molecule has 1 aliphatic rings. The van der Waals surface area contributed by atoms with Crippen molar-refractivity contribution in [2.75, 3.05) is 13.6 Å². The van der Waals surface area contributed by atoms with Gasteiger partial charge in [0.2, 0.25) is 0 Å². The Morgan fingerprint density at radius 2 is 1.93 bits per heavy atom. The third kappa shape index (κ3) is 5.10. The second kappa shape index (κ2) is 10.3. The number of fused-ring (bicyclic) bond motifs is 3.